The van der Waals surface area contributed by atoms with Crippen molar-refractivity contribution in [2.75, 3.05) is 5.32 Å². The minimum absolute atomic E-state index is 0.0269. The number of nitro groups is 1. The summed E-state index contributed by atoms with van der Waals surface area (Å²) in [4.78, 5) is 14.4. The number of pyridine rings is 1. The number of anilines is 1. The monoisotopic (exact) mass is 269 g/mol. The molecule has 1 aromatic rings. The summed E-state index contributed by atoms with van der Waals surface area (Å²) in [6.07, 6.45) is 4.69. The first-order chi connectivity index (χ1) is 8.56. The summed E-state index contributed by atoms with van der Waals surface area (Å²) in [5.41, 5.74) is -0.0269. The van der Waals surface area contributed by atoms with Gasteiger partial charge in [-0.1, -0.05) is 31.4 Å². The molecule has 1 fully saturated rings. The molecule has 0 amide bonds. The summed E-state index contributed by atoms with van der Waals surface area (Å²) in [5.74, 6) is 1.05. The fourth-order valence-electron chi connectivity index (χ4n) is 2.38. The van der Waals surface area contributed by atoms with Gasteiger partial charge >= 0.3 is 0 Å². The largest absolute Gasteiger partial charge is 0.367 e. The van der Waals surface area contributed by atoms with E-state index in [9.17, 15) is 10.1 Å². The number of nitrogens with one attached hydrogen (secondary N) is 1. The first-order valence-electron chi connectivity index (χ1n) is 6.15. The van der Waals surface area contributed by atoms with E-state index >= 15 is 0 Å². The molecule has 0 aromatic carbocycles. The van der Waals surface area contributed by atoms with E-state index in [1.54, 1.807) is 0 Å². The summed E-state index contributed by atoms with van der Waals surface area (Å²) >= 11 is 5.79. The van der Waals surface area contributed by atoms with Crippen LogP contribution in [0.2, 0.25) is 5.15 Å². The van der Waals surface area contributed by atoms with Crippen molar-refractivity contribution in [3.63, 3.8) is 0 Å². The average molecular weight is 270 g/mol. The maximum atomic E-state index is 10.8. The number of aromatic nitrogens is 1. The Labute approximate surface area is 111 Å². The molecule has 1 aliphatic rings. The van der Waals surface area contributed by atoms with Crippen LogP contribution in [-0.2, 0) is 0 Å². The Balaban J connectivity index is 2.15. The second-order valence-corrected chi connectivity index (χ2v) is 5.19. The van der Waals surface area contributed by atoms with Gasteiger partial charge in [-0.2, -0.15) is 0 Å². The lowest BCUT2D eigenvalue weighted by molar-refractivity contribution is -0.384. The molecule has 2 rings (SSSR count). The van der Waals surface area contributed by atoms with Crippen LogP contribution in [0.3, 0.4) is 0 Å². The molecule has 2 atom stereocenters. The minimum Gasteiger partial charge on any atom is -0.367 e. The molecule has 98 valence electrons. The van der Waals surface area contributed by atoms with Crippen LogP contribution < -0.4 is 5.32 Å². The zero-order chi connectivity index (χ0) is 13.1. The van der Waals surface area contributed by atoms with Crippen LogP contribution in [0.25, 0.3) is 0 Å². The van der Waals surface area contributed by atoms with E-state index in [-0.39, 0.29) is 10.8 Å². The normalized spacial score (nSPS) is 23.7. The van der Waals surface area contributed by atoms with Gasteiger partial charge in [-0.3, -0.25) is 10.1 Å². The number of hydrogen-bond donors (Lipinski definition) is 1. The summed E-state index contributed by atoms with van der Waals surface area (Å²) in [5, 5.41) is 14.2. The third-order valence-corrected chi connectivity index (χ3v) is 3.63. The van der Waals surface area contributed by atoms with E-state index in [1.165, 1.54) is 31.4 Å². The Morgan fingerprint density at radius 2 is 2.17 bits per heavy atom. The SMILES string of the molecule is CC1CCCCC1Nc1cc([N+](=O)[O-])cc(Cl)n1. The number of nitrogens with zero attached hydrogens (tertiary/aromatic N) is 2. The smallest absolute Gasteiger partial charge is 0.276 e. The number of hydrogen-bond acceptors (Lipinski definition) is 4. The molecule has 0 spiro atoms. The van der Waals surface area contributed by atoms with Gasteiger partial charge in [-0.05, 0) is 18.8 Å². The van der Waals surface area contributed by atoms with Gasteiger partial charge < -0.3 is 5.32 Å². The molecule has 0 saturated heterocycles. The lowest BCUT2D eigenvalue weighted by Crippen LogP contribution is -2.30. The summed E-state index contributed by atoms with van der Waals surface area (Å²) in [6, 6.07) is 3.02. The van der Waals surface area contributed by atoms with Crippen LogP contribution >= 0.6 is 11.6 Å². The maximum Gasteiger partial charge on any atom is 0.276 e. The third kappa shape index (κ3) is 3.10. The molecule has 0 aliphatic heterocycles. The Morgan fingerprint density at radius 1 is 1.44 bits per heavy atom. The number of rotatable bonds is 3. The molecule has 5 nitrogen and oxygen atoms in total. The first-order valence-corrected chi connectivity index (χ1v) is 6.52. The molecule has 2 unspecified atom stereocenters. The van der Waals surface area contributed by atoms with Crippen molar-refractivity contribution in [2.45, 2.75) is 38.6 Å². The van der Waals surface area contributed by atoms with E-state index < -0.39 is 4.92 Å². The second kappa shape index (κ2) is 5.52. The molecule has 1 aliphatic carbocycles. The fraction of sp³-hybridized carbons (Fsp3) is 0.583. The first kappa shape index (κ1) is 13.1. The predicted molar refractivity (Wildman–Crippen MR) is 70.9 cm³/mol. The molecule has 1 heterocycles. The molecule has 1 aromatic heterocycles. The highest BCUT2D eigenvalue weighted by atomic mass is 35.5. The van der Waals surface area contributed by atoms with Gasteiger partial charge in [-0.15, -0.1) is 0 Å². The minimum atomic E-state index is -0.455. The zero-order valence-corrected chi connectivity index (χ0v) is 11.0. The van der Waals surface area contributed by atoms with E-state index in [1.807, 2.05) is 0 Å². The van der Waals surface area contributed by atoms with Crippen LogP contribution in [0.4, 0.5) is 11.5 Å². The van der Waals surface area contributed by atoms with Crippen molar-refractivity contribution in [3.05, 3.63) is 27.4 Å². The lowest BCUT2D eigenvalue weighted by atomic mass is 9.86. The summed E-state index contributed by atoms with van der Waals surface area (Å²) in [6.45, 7) is 2.19. The summed E-state index contributed by atoms with van der Waals surface area (Å²) < 4.78 is 0. The van der Waals surface area contributed by atoms with E-state index in [2.05, 4.69) is 17.2 Å². The highest BCUT2D eigenvalue weighted by Crippen LogP contribution is 2.28. The topological polar surface area (TPSA) is 68.1 Å². The second-order valence-electron chi connectivity index (χ2n) is 4.80. The van der Waals surface area contributed by atoms with Crippen molar-refractivity contribution in [1.82, 2.24) is 4.98 Å². The standard InChI is InChI=1S/C12H16ClN3O2/c1-8-4-2-3-5-10(8)14-12-7-9(16(17)18)6-11(13)15-12/h6-8,10H,2-5H2,1H3,(H,14,15). The molecule has 6 heteroatoms. The van der Waals surface area contributed by atoms with Crippen molar-refractivity contribution >= 4 is 23.1 Å². The van der Waals surface area contributed by atoms with E-state index in [0.717, 1.165) is 6.42 Å². The lowest BCUT2D eigenvalue weighted by Gasteiger charge is -2.29. The van der Waals surface area contributed by atoms with Crippen molar-refractivity contribution in [2.24, 2.45) is 5.92 Å². The van der Waals surface area contributed by atoms with Gasteiger partial charge in [0.2, 0.25) is 0 Å². The van der Waals surface area contributed by atoms with Crippen LogP contribution in [0.15, 0.2) is 12.1 Å². The van der Waals surface area contributed by atoms with Gasteiger partial charge in [0.05, 0.1) is 17.1 Å². The van der Waals surface area contributed by atoms with Gasteiger partial charge in [-0.25, -0.2) is 4.98 Å². The molecular weight excluding hydrogens is 254 g/mol. The molecular formula is C12H16ClN3O2. The van der Waals surface area contributed by atoms with Gasteiger partial charge in [0.1, 0.15) is 11.0 Å². The van der Waals surface area contributed by atoms with E-state index in [0.29, 0.717) is 17.8 Å². The molecule has 0 bridgehead atoms. The maximum absolute atomic E-state index is 10.8. The summed E-state index contributed by atoms with van der Waals surface area (Å²) in [7, 11) is 0. The van der Waals surface area contributed by atoms with E-state index in [4.69, 9.17) is 11.6 Å². The predicted octanol–water partition coefficient (Wildman–Crippen LogP) is 3.63. The molecule has 1 saturated carbocycles. The van der Waals surface area contributed by atoms with Crippen LogP contribution in [0, 0.1) is 16.0 Å². The van der Waals surface area contributed by atoms with Gasteiger partial charge in [0, 0.05) is 6.04 Å². The quantitative estimate of drug-likeness (QED) is 0.517. The van der Waals surface area contributed by atoms with Crippen LogP contribution in [-0.4, -0.2) is 15.9 Å². The molecule has 18 heavy (non-hydrogen) atoms. The van der Waals surface area contributed by atoms with Gasteiger partial charge in [0.15, 0.2) is 0 Å². The van der Waals surface area contributed by atoms with Gasteiger partial charge in [0.25, 0.3) is 5.69 Å². The van der Waals surface area contributed by atoms with Crippen molar-refractivity contribution in [3.8, 4) is 0 Å². The fourth-order valence-corrected chi connectivity index (χ4v) is 2.59. The Kier molecular flexibility index (Phi) is 4.01. The number of halogens is 1. The third-order valence-electron chi connectivity index (χ3n) is 3.43. The van der Waals surface area contributed by atoms with Crippen LogP contribution in [0.5, 0.6) is 0 Å². The average Bonchev–Trinajstić information content (AvgIpc) is 2.31. The zero-order valence-electron chi connectivity index (χ0n) is 10.2. The van der Waals surface area contributed by atoms with Crippen molar-refractivity contribution < 1.29 is 4.92 Å². The van der Waals surface area contributed by atoms with Crippen LogP contribution in [0.1, 0.15) is 32.6 Å². The Bertz CT molecular complexity index is 453. The molecule has 0 radical (unpaired) electrons. The highest BCUT2D eigenvalue weighted by molar-refractivity contribution is 6.29. The molecule has 1 N–H and O–H groups in total. The Morgan fingerprint density at radius 3 is 2.83 bits per heavy atom. The van der Waals surface area contributed by atoms with Crippen molar-refractivity contribution in [1.29, 1.82) is 0 Å². The Hall–Kier alpha value is -1.36. The highest BCUT2D eigenvalue weighted by Gasteiger charge is 2.22.